The molecule has 9 nitrogen and oxygen atoms in total. The molecule has 32 heavy (non-hydrogen) atoms. The van der Waals surface area contributed by atoms with Crippen LogP contribution in [0.4, 0.5) is 5.82 Å². The van der Waals surface area contributed by atoms with Crippen LogP contribution in [0.25, 0.3) is 33.3 Å². The molecule has 5 rings (SSSR count). The molecule has 0 unspecified atom stereocenters. The first-order valence-electron chi connectivity index (χ1n) is 9.77. The molecule has 0 spiro atoms. The Balaban J connectivity index is 1.70. The topological polar surface area (TPSA) is 135 Å². The number of primary amides is 1. The third-order valence-electron chi connectivity index (χ3n) is 5.20. The van der Waals surface area contributed by atoms with E-state index in [0.29, 0.717) is 44.3 Å². The van der Waals surface area contributed by atoms with Crippen molar-refractivity contribution in [1.82, 2.24) is 29.9 Å². The standard InChI is InChI=1S/C22H17ClN8O/c1-11(30-22-19-21(27-9-26-19)28-10-29-22)14-7-12-3-2-4-16(23)17(12)31-18(14)15-8-25-6-5-13(15)20(24)32/h2-11H,1H3,(H2,24,32)(H2,26,27,28,29,30)/t11-/m0/s1. The summed E-state index contributed by atoms with van der Waals surface area (Å²) >= 11 is 6.42. The zero-order chi connectivity index (χ0) is 22.2. The molecular formula is C22H17ClN8O. The Labute approximate surface area is 187 Å². The predicted molar refractivity (Wildman–Crippen MR) is 122 cm³/mol. The number of nitrogens with one attached hydrogen (secondary N) is 2. The van der Waals surface area contributed by atoms with Crippen LogP contribution in [-0.2, 0) is 0 Å². The van der Waals surface area contributed by atoms with Crippen molar-refractivity contribution in [2.24, 2.45) is 5.73 Å². The third-order valence-corrected chi connectivity index (χ3v) is 5.51. The minimum absolute atomic E-state index is 0.267. The van der Waals surface area contributed by atoms with Gasteiger partial charge in [-0.15, -0.1) is 0 Å². The van der Waals surface area contributed by atoms with Gasteiger partial charge in [0.05, 0.1) is 34.2 Å². The van der Waals surface area contributed by atoms with Crippen molar-refractivity contribution in [3.05, 3.63) is 71.5 Å². The lowest BCUT2D eigenvalue weighted by Gasteiger charge is -2.20. The van der Waals surface area contributed by atoms with Gasteiger partial charge >= 0.3 is 0 Å². The third kappa shape index (κ3) is 3.38. The van der Waals surface area contributed by atoms with E-state index in [2.05, 4.69) is 30.2 Å². The lowest BCUT2D eigenvalue weighted by molar-refractivity contribution is 0.100. The monoisotopic (exact) mass is 444 g/mol. The van der Waals surface area contributed by atoms with Gasteiger partial charge in [-0.1, -0.05) is 23.7 Å². The summed E-state index contributed by atoms with van der Waals surface area (Å²) < 4.78 is 0. The first-order chi connectivity index (χ1) is 15.5. The smallest absolute Gasteiger partial charge is 0.249 e. The van der Waals surface area contributed by atoms with Gasteiger partial charge in [-0.25, -0.2) is 19.9 Å². The lowest BCUT2D eigenvalue weighted by Crippen LogP contribution is -2.15. The quantitative estimate of drug-likeness (QED) is 0.374. The highest BCUT2D eigenvalue weighted by molar-refractivity contribution is 6.35. The molecule has 0 saturated heterocycles. The van der Waals surface area contributed by atoms with Gasteiger partial charge in [0.15, 0.2) is 11.5 Å². The van der Waals surface area contributed by atoms with Crippen LogP contribution < -0.4 is 11.1 Å². The van der Waals surface area contributed by atoms with Crippen LogP contribution in [0, 0.1) is 0 Å². The van der Waals surface area contributed by atoms with E-state index in [1.807, 2.05) is 25.1 Å². The van der Waals surface area contributed by atoms with Crippen molar-refractivity contribution in [2.75, 3.05) is 5.32 Å². The summed E-state index contributed by atoms with van der Waals surface area (Å²) in [7, 11) is 0. The molecule has 0 aliphatic rings. The summed E-state index contributed by atoms with van der Waals surface area (Å²) in [6.07, 6.45) is 6.13. The van der Waals surface area contributed by atoms with Crippen molar-refractivity contribution in [2.45, 2.75) is 13.0 Å². The number of halogens is 1. The predicted octanol–water partition coefficient (Wildman–Crippen LogP) is 3.89. The number of rotatable bonds is 5. The number of nitrogens with two attached hydrogens (primary N) is 1. The Morgan fingerprint density at radius 2 is 2.06 bits per heavy atom. The lowest BCUT2D eigenvalue weighted by atomic mass is 9.96. The molecule has 1 aromatic carbocycles. The van der Waals surface area contributed by atoms with Gasteiger partial charge in [-0.3, -0.25) is 9.78 Å². The van der Waals surface area contributed by atoms with Crippen LogP contribution in [0.15, 0.2) is 55.4 Å². The normalized spacial score (nSPS) is 12.2. The van der Waals surface area contributed by atoms with Gasteiger partial charge in [0.1, 0.15) is 11.8 Å². The van der Waals surface area contributed by atoms with Gasteiger partial charge in [-0.05, 0) is 25.1 Å². The highest BCUT2D eigenvalue weighted by Gasteiger charge is 2.21. The second-order valence-electron chi connectivity index (χ2n) is 7.21. The number of H-pyrrole nitrogens is 1. The molecule has 0 aliphatic carbocycles. The average molecular weight is 445 g/mol. The molecule has 0 saturated carbocycles. The van der Waals surface area contributed by atoms with Gasteiger partial charge in [0, 0.05) is 28.9 Å². The Morgan fingerprint density at radius 1 is 1.19 bits per heavy atom. The van der Waals surface area contributed by atoms with Crippen LogP contribution >= 0.6 is 11.6 Å². The Morgan fingerprint density at radius 3 is 2.91 bits per heavy atom. The van der Waals surface area contributed by atoms with E-state index in [-0.39, 0.29) is 6.04 Å². The number of para-hydroxylation sites is 1. The number of hydrogen-bond acceptors (Lipinski definition) is 7. The summed E-state index contributed by atoms with van der Waals surface area (Å²) in [6.45, 7) is 1.97. The number of fused-ring (bicyclic) bond motifs is 2. The van der Waals surface area contributed by atoms with Crippen LogP contribution in [0.3, 0.4) is 0 Å². The van der Waals surface area contributed by atoms with Crippen molar-refractivity contribution in [1.29, 1.82) is 0 Å². The van der Waals surface area contributed by atoms with E-state index >= 15 is 0 Å². The summed E-state index contributed by atoms with van der Waals surface area (Å²) in [5, 5.41) is 4.75. The van der Waals surface area contributed by atoms with E-state index in [0.717, 1.165) is 10.9 Å². The van der Waals surface area contributed by atoms with Gasteiger partial charge < -0.3 is 16.0 Å². The Bertz CT molecular complexity index is 1480. The minimum Gasteiger partial charge on any atom is -0.366 e. The molecule has 0 fully saturated rings. The first kappa shape index (κ1) is 19.8. The Kier molecular flexibility index (Phi) is 4.87. The maximum atomic E-state index is 12.1. The number of amides is 1. The minimum atomic E-state index is -0.566. The van der Waals surface area contributed by atoms with Gasteiger partial charge in [0.25, 0.3) is 0 Å². The van der Waals surface area contributed by atoms with Crippen LogP contribution in [0.2, 0.25) is 5.02 Å². The van der Waals surface area contributed by atoms with Gasteiger partial charge in [-0.2, -0.15) is 0 Å². The second-order valence-corrected chi connectivity index (χ2v) is 7.62. The SMILES string of the molecule is C[C@H](Nc1ncnc2[nH]cnc12)c1cc2cccc(Cl)c2nc1-c1cnccc1C(N)=O. The number of nitrogens with zero attached hydrogens (tertiary/aromatic N) is 5. The molecule has 158 valence electrons. The number of pyridine rings is 2. The zero-order valence-electron chi connectivity index (χ0n) is 16.9. The van der Waals surface area contributed by atoms with E-state index in [1.165, 1.54) is 12.5 Å². The summed E-state index contributed by atoms with van der Waals surface area (Å²) in [4.78, 5) is 36.9. The maximum Gasteiger partial charge on any atom is 0.249 e. The number of hydrogen-bond donors (Lipinski definition) is 3. The summed E-state index contributed by atoms with van der Waals surface area (Å²) in [5.74, 6) is 0.00579. The largest absolute Gasteiger partial charge is 0.366 e. The molecule has 1 amide bonds. The molecule has 4 aromatic heterocycles. The number of benzene rings is 1. The highest BCUT2D eigenvalue weighted by Crippen LogP contribution is 2.35. The maximum absolute atomic E-state index is 12.1. The zero-order valence-corrected chi connectivity index (χ0v) is 17.6. The molecule has 5 aromatic rings. The second kappa shape index (κ2) is 7.86. The Hall–Kier alpha value is -4.11. The van der Waals surface area contributed by atoms with E-state index in [9.17, 15) is 4.79 Å². The number of imidazole rings is 1. The fraction of sp³-hybridized carbons (Fsp3) is 0.0909. The van der Waals surface area contributed by atoms with Crippen molar-refractivity contribution in [3.63, 3.8) is 0 Å². The number of aromatic amines is 1. The molecule has 1 atom stereocenters. The van der Waals surface area contributed by atoms with Crippen LogP contribution in [0.5, 0.6) is 0 Å². The molecule has 0 bridgehead atoms. The highest BCUT2D eigenvalue weighted by atomic mass is 35.5. The molecule has 10 heteroatoms. The molecule has 4 N–H and O–H groups in total. The molecular weight excluding hydrogens is 428 g/mol. The number of carbonyl (C=O) groups is 1. The van der Waals surface area contributed by atoms with Crippen molar-refractivity contribution < 1.29 is 4.79 Å². The molecule has 4 heterocycles. The van der Waals surface area contributed by atoms with Gasteiger partial charge in [0.2, 0.25) is 5.91 Å². The van der Waals surface area contributed by atoms with E-state index < -0.39 is 5.91 Å². The summed E-state index contributed by atoms with van der Waals surface area (Å²) in [6, 6.07) is 8.87. The van der Waals surface area contributed by atoms with E-state index in [4.69, 9.17) is 22.3 Å². The number of aromatic nitrogens is 6. The number of carbonyl (C=O) groups excluding carboxylic acids is 1. The van der Waals surface area contributed by atoms with Crippen LogP contribution in [-0.4, -0.2) is 35.8 Å². The fourth-order valence-electron chi connectivity index (χ4n) is 3.68. The fourth-order valence-corrected chi connectivity index (χ4v) is 3.90. The van der Waals surface area contributed by atoms with Crippen molar-refractivity contribution >= 4 is 45.4 Å². The summed E-state index contributed by atoms with van der Waals surface area (Å²) in [5.41, 5.74) is 9.72. The van der Waals surface area contributed by atoms with Crippen molar-refractivity contribution in [3.8, 4) is 11.3 Å². The molecule has 0 aliphatic heterocycles. The molecule has 0 radical (unpaired) electrons. The van der Waals surface area contributed by atoms with Crippen LogP contribution in [0.1, 0.15) is 28.9 Å². The van der Waals surface area contributed by atoms with E-state index in [1.54, 1.807) is 24.7 Å². The average Bonchev–Trinajstić information content (AvgIpc) is 3.28. The first-order valence-corrected chi connectivity index (χ1v) is 10.1. The number of anilines is 1.